The fraction of sp³-hybridized carbons (Fsp3) is 0.318. The summed E-state index contributed by atoms with van der Waals surface area (Å²) in [5.74, 6) is -0.378. The predicted octanol–water partition coefficient (Wildman–Crippen LogP) is 3.80. The Morgan fingerprint density at radius 1 is 1.09 bits per heavy atom. The number of aromatic nitrogens is 3. The lowest BCUT2D eigenvalue weighted by molar-refractivity contribution is -0.137. The van der Waals surface area contributed by atoms with Crippen molar-refractivity contribution in [3.8, 4) is 0 Å². The molecule has 0 radical (unpaired) electrons. The number of benzene rings is 2. The van der Waals surface area contributed by atoms with Crippen LogP contribution in [-0.2, 0) is 12.7 Å². The number of halogens is 4. The third-order valence-corrected chi connectivity index (χ3v) is 5.63. The minimum atomic E-state index is -4.52. The molecule has 0 spiro atoms. The van der Waals surface area contributed by atoms with E-state index in [1.807, 2.05) is 0 Å². The molecule has 168 valence electrons. The van der Waals surface area contributed by atoms with Crippen LogP contribution in [0.15, 0.2) is 53.3 Å². The largest absolute Gasteiger partial charge is 0.416 e. The van der Waals surface area contributed by atoms with E-state index in [9.17, 15) is 27.2 Å². The molecule has 1 N–H and O–H groups in total. The van der Waals surface area contributed by atoms with E-state index >= 15 is 0 Å². The Hall–Kier alpha value is -3.43. The third kappa shape index (κ3) is 4.58. The summed E-state index contributed by atoms with van der Waals surface area (Å²) in [5, 5.41) is 6.59. The molecule has 0 unspecified atom stereocenters. The maximum Gasteiger partial charge on any atom is 0.416 e. The predicted molar refractivity (Wildman–Crippen MR) is 108 cm³/mol. The summed E-state index contributed by atoms with van der Waals surface area (Å²) in [6.07, 6.45) is -3.49. The standard InChI is InChI=1S/C22H20F4N4O2/c23-18-6-4-14(5-7-18)13-30-19(27-28-21(30)32)15-8-10-29(11-9-15)20(31)16-2-1-3-17(12-16)22(24,25)26/h1-7,12,15H,8-11,13H2,(H,28,32). The third-order valence-electron chi connectivity index (χ3n) is 5.63. The number of hydrogen-bond acceptors (Lipinski definition) is 3. The quantitative estimate of drug-likeness (QED) is 0.618. The molecule has 10 heteroatoms. The zero-order chi connectivity index (χ0) is 22.9. The van der Waals surface area contributed by atoms with Crippen LogP contribution >= 0.6 is 0 Å². The molecule has 3 aromatic rings. The van der Waals surface area contributed by atoms with Gasteiger partial charge in [0.15, 0.2) is 0 Å². The smallest absolute Gasteiger partial charge is 0.339 e. The molecule has 32 heavy (non-hydrogen) atoms. The first-order valence-corrected chi connectivity index (χ1v) is 10.1. The summed E-state index contributed by atoms with van der Waals surface area (Å²) in [6, 6.07) is 10.2. The van der Waals surface area contributed by atoms with Crippen molar-refractivity contribution < 1.29 is 22.4 Å². The fourth-order valence-corrected chi connectivity index (χ4v) is 3.92. The van der Waals surface area contributed by atoms with Gasteiger partial charge in [-0.1, -0.05) is 18.2 Å². The highest BCUT2D eigenvalue weighted by Crippen LogP contribution is 2.31. The number of H-pyrrole nitrogens is 1. The average Bonchev–Trinajstić information content (AvgIpc) is 3.14. The Morgan fingerprint density at radius 3 is 2.44 bits per heavy atom. The molecule has 1 aliphatic heterocycles. The van der Waals surface area contributed by atoms with Gasteiger partial charge in [0.05, 0.1) is 12.1 Å². The van der Waals surface area contributed by atoms with E-state index < -0.39 is 17.6 Å². The van der Waals surface area contributed by atoms with Crippen LogP contribution in [0.4, 0.5) is 17.6 Å². The summed E-state index contributed by atoms with van der Waals surface area (Å²) >= 11 is 0. The number of carbonyl (C=O) groups excluding carboxylic acids is 1. The molecule has 4 rings (SSSR count). The van der Waals surface area contributed by atoms with Gasteiger partial charge in [-0.3, -0.25) is 9.36 Å². The zero-order valence-corrected chi connectivity index (χ0v) is 16.9. The van der Waals surface area contributed by atoms with Crippen LogP contribution in [0.2, 0.25) is 0 Å². The van der Waals surface area contributed by atoms with Crippen molar-refractivity contribution in [1.82, 2.24) is 19.7 Å². The van der Waals surface area contributed by atoms with E-state index in [4.69, 9.17) is 0 Å². The van der Waals surface area contributed by atoms with Gasteiger partial charge in [-0.05, 0) is 48.7 Å². The summed E-state index contributed by atoms with van der Waals surface area (Å²) < 4.78 is 53.5. The van der Waals surface area contributed by atoms with E-state index in [2.05, 4.69) is 10.2 Å². The Labute approximate surface area is 180 Å². The lowest BCUT2D eigenvalue weighted by Crippen LogP contribution is -2.38. The van der Waals surface area contributed by atoms with Gasteiger partial charge in [-0.2, -0.15) is 18.3 Å². The van der Waals surface area contributed by atoms with Gasteiger partial charge < -0.3 is 4.90 Å². The van der Waals surface area contributed by atoms with Crippen LogP contribution in [0, 0.1) is 5.82 Å². The molecule has 1 amide bonds. The van der Waals surface area contributed by atoms with Crippen LogP contribution in [0.25, 0.3) is 0 Å². The van der Waals surface area contributed by atoms with Crippen molar-refractivity contribution in [1.29, 1.82) is 0 Å². The van der Waals surface area contributed by atoms with Crippen LogP contribution in [0.3, 0.4) is 0 Å². The second-order valence-corrected chi connectivity index (χ2v) is 7.74. The number of rotatable bonds is 4. The van der Waals surface area contributed by atoms with E-state index in [1.54, 1.807) is 12.1 Å². The number of nitrogens with zero attached hydrogens (tertiary/aromatic N) is 3. The van der Waals surface area contributed by atoms with Crippen molar-refractivity contribution in [2.24, 2.45) is 0 Å². The first-order valence-electron chi connectivity index (χ1n) is 10.1. The van der Waals surface area contributed by atoms with Gasteiger partial charge in [0.25, 0.3) is 5.91 Å². The monoisotopic (exact) mass is 448 g/mol. The maximum atomic E-state index is 13.1. The molecule has 1 aromatic heterocycles. The number of likely N-dealkylation sites (tertiary alicyclic amines) is 1. The molecule has 1 aliphatic rings. The van der Waals surface area contributed by atoms with Crippen LogP contribution in [0.5, 0.6) is 0 Å². The molecule has 0 bridgehead atoms. The topological polar surface area (TPSA) is 71.0 Å². The normalized spacial score (nSPS) is 15.2. The summed E-state index contributed by atoms with van der Waals surface area (Å²) in [6.45, 7) is 0.892. The first-order chi connectivity index (χ1) is 15.2. The first kappa shape index (κ1) is 21.8. The van der Waals surface area contributed by atoms with Crippen molar-refractivity contribution in [3.63, 3.8) is 0 Å². The number of carbonyl (C=O) groups is 1. The van der Waals surface area contributed by atoms with Gasteiger partial charge in [0.1, 0.15) is 11.6 Å². The Morgan fingerprint density at radius 2 is 1.78 bits per heavy atom. The SMILES string of the molecule is O=C(c1cccc(C(F)(F)F)c1)N1CCC(c2n[nH]c(=O)n2Cc2ccc(F)cc2)CC1. The Bertz CT molecular complexity index is 1160. The second kappa shape index (κ2) is 8.60. The lowest BCUT2D eigenvalue weighted by Gasteiger charge is -2.31. The number of nitrogens with one attached hydrogen (secondary N) is 1. The van der Waals surface area contributed by atoms with E-state index in [-0.39, 0.29) is 29.5 Å². The molecule has 1 fully saturated rings. The van der Waals surface area contributed by atoms with Gasteiger partial charge >= 0.3 is 11.9 Å². The van der Waals surface area contributed by atoms with Crippen LogP contribution < -0.4 is 5.69 Å². The van der Waals surface area contributed by atoms with Crippen molar-refractivity contribution >= 4 is 5.91 Å². The minimum Gasteiger partial charge on any atom is -0.339 e. The van der Waals surface area contributed by atoms with Crippen LogP contribution in [-0.4, -0.2) is 38.7 Å². The zero-order valence-electron chi connectivity index (χ0n) is 16.9. The second-order valence-electron chi connectivity index (χ2n) is 7.74. The van der Waals surface area contributed by atoms with E-state index in [0.29, 0.717) is 31.8 Å². The lowest BCUT2D eigenvalue weighted by atomic mass is 9.95. The van der Waals surface area contributed by atoms with Gasteiger partial charge in [0.2, 0.25) is 0 Å². The van der Waals surface area contributed by atoms with E-state index in [1.165, 1.54) is 33.7 Å². The summed E-state index contributed by atoms with van der Waals surface area (Å²) in [7, 11) is 0. The molecule has 0 aliphatic carbocycles. The number of alkyl halides is 3. The highest BCUT2D eigenvalue weighted by molar-refractivity contribution is 5.94. The molecular formula is C22H20F4N4O2. The molecule has 1 saturated heterocycles. The summed E-state index contributed by atoms with van der Waals surface area (Å²) in [4.78, 5) is 26.5. The highest BCUT2D eigenvalue weighted by Gasteiger charge is 2.32. The highest BCUT2D eigenvalue weighted by atomic mass is 19.4. The number of amides is 1. The Balaban J connectivity index is 1.45. The molecular weight excluding hydrogens is 428 g/mol. The van der Waals surface area contributed by atoms with Crippen molar-refractivity contribution in [2.45, 2.75) is 31.5 Å². The fourth-order valence-electron chi connectivity index (χ4n) is 3.92. The average molecular weight is 448 g/mol. The molecule has 2 aromatic carbocycles. The Kier molecular flexibility index (Phi) is 5.86. The van der Waals surface area contributed by atoms with Crippen LogP contribution in [0.1, 0.15) is 46.1 Å². The van der Waals surface area contributed by atoms with Crippen molar-refractivity contribution in [2.75, 3.05) is 13.1 Å². The minimum absolute atomic E-state index is 0.00809. The number of piperidine rings is 1. The molecule has 6 nitrogen and oxygen atoms in total. The molecule has 2 heterocycles. The van der Waals surface area contributed by atoms with E-state index in [0.717, 1.165) is 17.7 Å². The maximum absolute atomic E-state index is 13.1. The van der Waals surface area contributed by atoms with Crippen molar-refractivity contribution in [3.05, 3.63) is 87.3 Å². The summed E-state index contributed by atoms with van der Waals surface area (Å²) in [5.41, 5.74) is -0.508. The van der Waals surface area contributed by atoms with Gasteiger partial charge in [-0.15, -0.1) is 0 Å². The number of aromatic amines is 1. The number of hydrogen-bond donors (Lipinski definition) is 1. The van der Waals surface area contributed by atoms with Gasteiger partial charge in [-0.25, -0.2) is 14.3 Å². The molecule has 0 atom stereocenters. The molecule has 0 saturated carbocycles. The van der Waals surface area contributed by atoms with Gasteiger partial charge in [0, 0.05) is 24.6 Å².